The molecule has 1 aliphatic rings. The Bertz CT molecular complexity index is 1380. The van der Waals surface area contributed by atoms with Gasteiger partial charge in [0, 0.05) is 12.1 Å². The summed E-state index contributed by atoms with van der Waals surface area (Å²) in [5, 5.41) is 7.95. The summed E-state index contributed by atoms with van der Waals surface area (Å²) in [6, 6.07) is 16.9. The Labute approximate surface area is 226 Å². The molecule has 0 radical (unpaired) electrons. The van der Waals surface area contributed by atoms with Gasteiger partial charge in [0.2, 0.25) is 11.8 Å². The van der Waals surface area contributed by atoms with E-state index < -0.39 is 35.7 Å². The number of aryl methyl sites for hydroxylation is 1. The highest BCUT2D eigenvalue weighted by Crippen LogP contribution is 2.27. The largest absolute Gasteiger partial charge is 0.325 e. The molecule has 3 N–H and O–H groups in total. The van der Waals surface area contributed by atoms with Crippen molar-refractivity contribution in [2.45, 2.75) is 25.4 Å². The first-order valence-corrected chi connectivity index (χ1v) is 12.4. The molecular weight excluding hydrogens is 501 g/mol. The van der Waals surface area contributed by atoms with Gasteiger partial charge in [0.25, 0.3) is 5.91 Å². The van der Waals surface area contributed by atoms with Crippen molar-refractivity contribution in [3.05, 3.63) is 95.3 Å². The third-order valence-electron chi connectivity index (χ3n) is 6.23. The lowest BCUT2D eigenvalue weighted by Crippen LogP contribution is -2.49. The van der Waals surface area contributed by atoms with Crippen molar-refractivity contribution < 1.29 is 23.6 Å². The molecule has 1 aliphatic heterocycles. The van der Waals surface area contributed by atoms with Crippen LogP contribution in [0.15, 0.2) is 72.8 Å². The zero-order valence-electron chi connectivity index (χ0n) is 21.9. The fourth-order valence-corrected chi connectivity index (χ4v) is 4.34. The van der Waals surface area contributed by atoms with Gasteiger partial charge in [-0.2, -0.15) is 0 Å². The number of rotatable bonds is 9. The maximum Gasteiger partial charge on any atom is 0.325 e. The number of hydrogen-bond donors (Lipinski definition) is 3. The zero-order chi connectivity index (χ0) is 28.1. The standard InChI is InChI=1S/C29H30FN5O4/c1-18-9-14-23(22(30)15-18)32-27(37)24(16-19-7-5-4-6-8-19)35-28(38)26(33-29(35)39)20-10-12-21(13-11-20)31-25(36)17-34(2)3/h4-15,24,26H,16-17H2,1-3H3,(H,31,36)(H,32,37)(H,33,39)/t24?,26-/m1/s1. The fraction of sp³-hybridized carbons (Fsp3) is 0.241. The van der Waals surface area contributed by atoms with E-state index in [4.69, 9.17) is 0 Å². The third kappa shape index (κ3) is 6.66. The Balaban J connectivity index is 1.56. The first-order chi connectivity index (χ1) is 18.6. The van der Waals surface area contributed by atoms with Gasteiger partial charge in [-0.1, -0.05) is 48.5 Å². The highest BCUT2D eigenvalue weighted by molar-refractivity contribution is 6.09. The Hall–Kier alpha value is -4.57. The number of nitrogens with zero attached hydrogens (tertiary/aromatic N) is 2. The minimum Gasteiger partial charge on any atom is -0.325 e. The molecule has 3 aromatic carbocycles. The van der Waals surface area contributed by atoms with Crippen molar-refractivity contribution in [1.82, 2.24) is 15.1 Å². The molecule has 1 heterocycles. The first kappa shape index (κ1) is 27.5. The second-order valence-corrected chi connectivity index (χ2v) is 9.68. The summed E-state index contributed by atoms with van der Waals surface area (Å²) in [4.78, 5) is 54.6. The molecule has 1 fully saturated rings. The fourth-order valence-electron chi connectivity index (χ4n) is 4.34. The van der Waals surface area contributed by atoms with E-state index in [1.165, 1.54) is 12.1 Å². The summed E-state index contributed by atoms with van der Waals surface area (Å²) in [6.07, 6.45) is 0.0445. The van der Waals surface area contributed by atoms with Gasteiger partial charge in [-0.3, -0.25) is 14.4 Å². The van der Waals surface area contributed by atoms with Crippen LogP contribution in [0.4, 0.5) is 20.6 Å². The number of halogens is 1. The normalized spacial score (nSPS) is 15.7. The minimum atomic E-state index is -1.23. The zero-order valence-corrected chi connectivity index (χ0v) is 21.9. The summed E-state index contributed by atoms with van der Waals surface area (Å²) in [5.41, 5.74) is 2.40. The van der Waals surface area contributed by atoms with E-state index in [1.807, 2.05) is 6.07 Å². The average molecular weight is 532 g/mol. The predicted molar refractivity (Wildman–Crippen MR) is 145 cm³/mol. The molecule has 10 heteroatoms. The van der Waals surface area contributed by atoms with E-state index in [0.29, 0.717) is 16.8 Å². The van der Waals surface area contributed by atoms with Crippen LogP contribution in [-0.2, 0) is 20.8 Å². The van der Waals surface area contributed by atoms with Gasteiger partial charge in [0.1, 0.15) is 17.9 Å². The second kappa shape index (κ2) is 11.9. The number of carbonyl (C=O) groups is 4. The van der Waals surface area contributed by atoms with Crippen molar-refractivity contribution in [3.8, 4) is 0 Å². The van der Waals surface area contributed by atoms with Crippen LogP contribution in [0.25, 0.3) is 0 Å². The van der Waals surface area contributed by atoms with Crippen LogP contribution >= 0.6 is 0 Å². The quantitative estimate of drug-likeness (QED) is 0.366. The molecule has 0 aromatic heterocycles. The van der Waals surface area contributed by atoms with Crippen LogP contribution in [-0.4, -0.2) is 60.2 Å². The number of benzene rings is 3. The molecular formula is C29H30FN5O4. The van der Waals surface area contributed by atoms with Crippen LogP contribution in [0, 0.1) is 12.7 Å². The number of likely N-dealkylation sites (N-methyl/N-ethyl adjacent to an activating group) is 1. The number of anilines is 2. The molecule has 4 rings (SSSR count). The summed E-state index contributed by atoms with van der Waals surface area (Å²) in [5.74, 6) is -2.10. The maximum absolute atomic E-state index is 14.5. The summed E-state index contributed by atoms with van der Waals surface area (Å²) in [7, 11) is 3.57. The molecule has 0 bridgehead atoms. The molecule has 202 valence electrons. The van der Waals surface area contributed by atoms with E-state index in [-0.39, 0.29) is 24.6 Å². The van der Waals surface area contributed by atoms with Gasteiger partial charge in [0.15, 0.2) is 0 Å². The minimum absolute atomic E-state index is 0.0424. The molecule has 9 nitrogen and oxygen atoms in total. The Morgan fingerprint density at radius 2 is 1.69 bits per heavy atom. The lowest BCUT2D eigenvalue weighted by Gasteiger charge is -2.25. The number of nitrogens with one attached hydrogen (secondary N) is 3. The van der Waals surface area contributed by atoms with Crippen LogP contribution in [0.2, 0.25) is 0 Å². The Kier molecular flexibility index (Phi) is 8.36. The van der Waals surface area contributed by atoms with Crippen molar-refractivity contribution >= 4 is 35.1 Å². The SMILES string of the molecule is Cc1ccc(NC(=O)C(Cc2ccccc2)N2C(=O)N[C@H](c3ccc(NC(=O)CN(C)C)cc3)C2=O)c(F)c1. The lowest BCUT2D eigenvalue weighted by molar-refractivity contribution is -0.134. The summed E-state index contributed by atoms with van der Waals surface area (Å²) in [6.45, 7) is 1.94. The number of urea groups is 1. The lowest BCUT2D eigenvalue weighted by atomic mass is 10.0. The van der Waals surface area contributed by atoms with Crippen LogP contribution in [0.5, 0.6) is 0 Å². The van der Waals surface area contributed by atoms with Crippen molar-refractivity contribution in [3.63, 3.8) is 0 Å². The second-order valence-electron chi connectivity index (χ2n) is 9.68. The number of amides is 5. The van der Waals surface area contributed by atoms with Crippen molar-refractivity contribution in [1.29, 1.82) is 0 Å². The number of hydrogen-bond acceptors (Lipinski definition) is 5. The smallest absolute Gasteiger partial charge is 0.325 e. The Morgan fingerprint density at radius 3 is 2.33 bits per heavy atom. The number of imide groups is 1. The van der Waals surface area contributed by atoms with Crippen molar-refractivity contribution in [2.75, 3.05) is 31.3 Å². The highest BCUT2D eigenvalue weighted by atomic mass is 19.1. The Morgan fingerprint density at radius 1 is 1.00 bits per heavy atom. The highest BCUT2D eigenvalue weighted by Gasteiger charge is 2.45. The van der Waals surface area contributed by atoms with Gasteiger partial charge in [-0.25, -0.2) is 14.1 Å². The topological polar surface area (TPSA) is 111 Å². The van der Waals surface area contributed by atoms with Gasteiger partial charge in [-0.15, -0.1) is 0 Å². The summed E-state index contributed by atoms with van der Waals surface area (Å²) < 4.78 is 14.5. The van der Waals surface area contributed by atoms with Crippen LogP contribution in [0.3, 0.4) is 0 Å². The first-order valence-electron chi connectivity index (χ1n) is 12.4. The van der Waals surface area contributed by atoms with Gasteiger partial charge < -0.3 is 20.9 Å². The molecule has 1 unspecified atom stereocenters. The molecule has 0 aliphatic carbocycles. The van der Waals surface area contributed by atoms with Gasteiger partial charge >= 0.3 is 6.03 Å². The van der Waals surface area contributed by atoms with Crippen molar-refractivity contribution in [2.24, 2.45) is 0 Å². The molecule has 0 saturated carbocycles. The van der Waals surface area contributed by atoms with E-state index in [0.717, 1.165) is 10.5 Å². The van der Waals surface area contributed by atoms with Crippen LogP contribution in [0.1, 0.15) is 22.7 Å². The molecule has 5 amide bonds. The van der Waals surface area contributed by atoms with Gasteiger partial charge in [-0.05, 0) is 62.0 Å². The molecule has 1 saturated heterocycles. The molecule has 39 heavy (non-hydrogen) atoms. The molecule has 3 aromatic rings. The predicted octanol–water partition coefficient (Wildman–Crippen LogP) is 3.48. The number of carbonyl (C=O) groups excluding carboxylic acids is 4. The van der Waals surface area contributed by atoms with E-state index in [1.54, 1.807) is 80.5 Å². The van der Waals surface area contributed by atoms with E-state index >= 15 is 0 Å². The summed E-state index contributed by atoms with van der Waals surface area (Å²) >= 11 is 0. The third-order valence-corrected chi connectivity index (χ3v) is 6.23. The molecule has 0 spiro atoms. The van der Waals surface area contributed by atoms with Gasteiger partial charge in [0.05, 0.1) is 12.2 Å². The average Bonchev–Trinajstić information content (AvgIpc) is 3.18. The van der Waals surface area contributed by atoms with E-state index in [9.17, 15) is 23.6 Å². The monoisotopic (exact) mass is 531 g/mol. The maximum atomic E-state index is 14.5. The van der Waals surface area contributed by atoms with E-state index in [2.05, 4.69) is 16.0 Å². The molecule has 2 atom stereocenters. The van der Waals surface area contributed by atoms with Crippen LogP contribution < -0.4 is 16.0 Å².